The van der Waals surface area contributed by atoms with Crippen molar-refractivity contribution in [2.75, 3.05) is 47.2 Å². The smallest absolute Gasteiger partial charge is 0.260 e. The second-order valence-electron chi connectivity index (χ2n) is 9.23. The second kappa shape index (κ2) is 12.2. The van der Waals surface area contributed by atoms with Crippen LogP contribution in [0.2, 0.25) is 10.0 Å². The number of halogens is 2. The molecule has 0 bridgehead atoms. The summed E-state index contributed by atoms with van der Waals surface area (Å²) < 4.78 is 10.8. The van der Waals surface area contributed by atoms with Gasteiger partial charge in [0.2, 0.25) is 5.95 Å². The average molecular weight is 572 g/mol. The van der Waals surface area contributed by atoms with Crippen LogP contribution in [0.3, 0.4) is 0 Å². The number of H-pyrrole nitrogens is 1. The molecule has 4 aromatic rings. The zero-order valence-electron chi connectivity index (χ0n) is 22.7. The van der Waals surface area contributed by atoms with Gasteiger partial charge in [0, 0.05) is 42.7 Å². The lowest BCUT2D eigenvalue weighted by molar-refractivity contribution is 0.102. The molecule has 0 saturated heterocycles. The summed E-state index contributed by atoms with van der Waals surface area (Å²) in [6.07, 6.45) is 3.07. The van der Waals surface area contributed by atoms with Gasteiger partial charge in [-0.1, -0.05) is 36.2 Å². The molecule has 12 heteroatoms. The standard InChI is InChI=1S/C27H31Cl2N7O3/c1-7-36(4)14-18-17(13-35(2)3)32-27(33-18)34-26(37)16-9-8-15(24-25(16)31-11-10-30-24)21-22(28)19(38-5)12-20(39-6)23(21)29/h8-12H,7,13-14H2,1-6H3,(H2,32,33,34,37). The lowest BCUT2D eigenvalue weighted by atomic mass is 9.99. The van der Waals surface area contributed by atoms with E-state index in [1.165, 1.54) is 20.4 Å². The van der Waals surface area contributed by atoms with Crippen molar-refractivity contribution in [1.82, 2.24) is 29.7 Å². The zero-order chi connectivity index (χ0) is 28.3. The average Bonchev–Trinajstić information content (AvgIpc) is 3.27. The molecular formula is C27H31Cl2N7O3. The van der Waals surface area contributed by atoms with Crippen LogP contribution in [-0.4, -0.2) is 77.6 Å². The zero-order valence-corrected chi connectivity index (χ0v) is 24.2. The maximum Gasteiger partial charge on any atom is 0.260 e. The van der Waals surface area contributed by atoms with Gasteiger partial charge in [-0.05, 0) is 33.8 Å². The van der Waals surface area contributed by atoms with Gasteiger partial charge in [0.05, 0.1) is 46.7 Å². The number of hydrogen-bond acceptors (Lipinski definition) is 8. The number of ether oxygens (including phenoxy) is 2. The molecule has 206 valence electrons. The van der Waals surface area contributed by atoms with Crippen molar-refractivity contribution >= 4 is 46.1 Å². The van der Waals surface area contributed by atoms with Gasteiger partial charge < -0.3 is 24.3 Å². The first-order chi connectivity index (χ1) is 18.7. The molecule has 0 aliphatic rings. The summed E-state index contributed by atoms with van der Waals surface area (Å²) in [6, 6.07) is 5.01. The Labute approximate surface area is 237 Å². The summed E-state index contributed by atoms with van der Waals surface area (Å²) in [6.45, 7) is 4.27. The fourth-order valence-corrected chi connectivity index (χ4v) is 4.89. The van der Waals surface area contributed by atoms with Crippen LogP contribution in [0.1, 0.15) is 28.7 Å². The molecule has 2 N–H and O–H groups in total. The number of benzene rings is 2. The van der Waals surface area contributed by atoms with E-state index in [9.17, 15) is 4.79 Å². The minimum absolute atomic E-state index is 0.293. The molecule has 2 aromatic heterocycles. The number of fused-ring (bicyclic) bond motifs is 1. The highest BCUT2D eigenvalue weighted by molar-refractivity contribution is 6.41. The Bertz CT molecular complexity index is 1480. The van der Waals surface area contributed by atoms with Crippen molar-refractivity contribution in [3.63, 3.8) is 0 Å². The first kappa shape index (κ1) is 28.6. The number of nitrogens with zero attached hydrogens (tertiary/aromatic N) is 5. The maximum atomic E-state index is 13.5. The van der Waals surface area contributed by atoms with Crippen LogP contribution in [0.5, 0.6) is 11.5 Å². The van der Waals surface area contributed by atoms with Crippen molar-refractivity contribution in [2.24, 2.45) is 0 Å². The van der Waals surface area contributed by atoms with Crippen LogP contribution in [-0.2, 0) is 13.1 Å². The minimum Gasteiger partial charge on any atom is -0.495 e. The molecule has 2 aromatic carbocycles. The van der Waals surface area contributed by atoms with E-state index in [0.717, 1.165) is 17.9 Å². The Morgan fingerprint density at radius 1 is 1.00 bits per heavy atom. The summed E-state index contributed by atoms with van der Waals surface area (Å²) >= 11 is 13.4. The van der Waals surface area contributed by atoms with Crippen LogP contribution in [0.25, 0.3) is 22.2 Å². The molecule has 0 aliphatic heterocycles. The molecule has 0 aliphatic carbocycles. The summed E-state index contributed by atoms with van der Waals surface area (Å²) in [7, 11) is 9.00. The fourth-order valence-electron chi connectivity index (χ4n) is 4.19. The Morgan fingerprint density at radius 3 is 2.23 bits per heavy atom. The summed E-state index contributed by atoms with van der Waals surface area (Å²) in [5.74, 6) is 0.763. The quantitative estimate of drug-likeness (QED) is 0.270. The van der Waals surface area contributed by atoms with E-state index in [4.69, 9.17) is 32.7 Å². The first-order valence-corrected chi connectivity index (χ1v) is 13.0. The number of anilines is 1. The maximum absolute atomic E-state index is 13.5. The Morgan fingerprint density at radius 2 is 1.64 bits per heavy atom. The summed E-state index contributed by atoms with van der Waals surface area (Å²) in [5, 5.41) is 3.48. The topological polar surface area (TPSA) is 109 Å². The Kier molecular flexibility index (Phi) is 8.91. The summed E-state index contributed by atoms with van der Waals surface area (Å²) in [5.41, 5.74) is 4.01. The minimum atomic E-state index is -0.381. The highest BCUT2D eigenvalue weighted by atomic mass is 35.5. The van der Waals surface area contributed by atoms with Crippen LogP contribution < -0.4 is 14.8 Å². The number of carbonyl (C=O) groups excluding carboxylic acids is 1. The third-order valence-corrected chi connectivity index (χ3v) is 6.99. The molecule has 0 spiro atoms. The summed E-state index contributed by atoms with van der Waals surface area (Å²) in [4.78, 5) is 34.6. The van der Waals surface area contributed by atoms with Crippen molar-refractivity contribution in [3.8, 4) is 22.6 Å². The van der Waals surface area contributed by atoms with E-state index in [1.54, 1.807) is 24.4 Å². The number of carbonyl (C=O) groups is 1. The molecule has 4 rings (SSSR count). The Hall–Kier alpha value is -3.44. The number of aromatic amines is 1. The van der Waals surface area contributed by atoms with Crippen molar-refractivity contribution in [3.05, 3.63) is 57.6 Å². The van der Waals surface area contributed by atoms with Gasteiger partial charge in [-0.15, -0.1) is 0 Å². The molecule has 39 heavy (non-hydrogen) atoms. The van der Waals surface area contributed by atoms with E-state index in [2.05, 4.69) is 37.1 Å². The molecule has 0 radical (unpaired) electrons. The molecule has 1 amide bonds. The number of aromatic nitrogens is 4. The monoisotopic (exact) mass is 571 g/mol. The van der Waals surface area contributed by atoms with Gasteiger partial charge in [-0.2, -0.15) is 0 Å². The number of nitrogens with one attached hydrogen (secondary N) is 2. The number of hydrogen-bond donors (Lipinski definition) is 2. The van der Waals surface area contributed by atoms with Crippen LogP contribution in [0.15, 0.2) is 30.6 Å². The molecule has 2 heterocycles. The number of amides is 1. The Balaban J connectivity index is 1.76. The normalized spacial score (nSPS) is 11.4. The molecule has 0 fully saturated rings. The first-order valence-electron chi connectivity index (χ1n) is 12.2. The predicted molar refractivity (Wildman–Crippen MR) is 154 cm³/mol. The fraction of sp³-hybridized carbons (Fsp3) is 0.333. The molecule has 0 atom stereocenters. The number of rotatable bonds is 10. The van der Waals surface area contributed by atoms with Gasteiger partial charge in [-0.3, -0.25) is 20.1 Å². The highest BCUT2D eigenvalue weighted by Crippen LogP contribution is 2.47. The molecule has 0 saturated carbocycles. The van der Waals surface area contributed by atoms with Crippen LogP contribution in [0, 0.1) is 0 Å². The van der Waals surface area contributed by atoms with Crippen LogP contribution in [0.4, 0.5) is 5.95 Å². The highest BCUT2D eigenvalue weighted by Gasteiger charge is 2.24. The van der Waals surface area contributed by atoms with Crippen LogP contribution >= 0.6 is 23.2 Å². The van der Waals surface area contributed by atoms with Crippen molar-refractivity contribution in [2.45, 2.75) is 20.0 Å². The largest absolute Gasteiger partial charge is 0.495 e. The van der Waals surface area contributed by atoms with E-state index in [0.29, 0.717) is 68.3 Å². The molecule has 0 unspecified atom stereocenters. The third-order valence-electron chi connectivity index (χ3n) is 6.24. The molecule has 10 nitrogen and oxygen atoms in total. The molecular weight excluding hydrogens is 541 g/mol. The van der Waals surface area contributed by atoms with Gasteiger partial charge in [0.15, 0.2) is 0 Å². The van der Waals surface area contributed by atoms with Gasteiger partial charge >= 0.3 is 0 Å². The lowest BCUT2D eigenvalue weighted by Crippen LogP contribution is -2.19. The van der Waals surface area contributed by atoms with E-state index >= 15 is 0 Å². The number of imidazole rings is 1. The van der Waals surface area contributed by atoms with Crippen molar-refractivity contribution in [1.29, 1.82) is 0 Å². The van der Waals surface area contributed by atoms with Crippen molar-refractivity contribution < 1.29 is 14.3 Å². The lowest BCUT2D eigenvalue weighted by Gasteiger charge is -2.16. The predicted octanol–water partition coefficient (Wildman–Crippen LogP) is 5.11. The number of methoxy groups -OCH3 is 2. The second-order valence-corrected chi connectivity index (χ2v) is 9.99. The van der Waals surface area contributed by atoms with E-state index in [1.807, 2.05) is 26.0 Å². The van der Waals surface area contributed by atoms with E-state index in [-0.39, 0.29) is 5.91 Å². The van der Waals surface area contributed by atoms with Gasteiger partial charge in [0.1, 0.15) is 17.0 Å². The van der Waals surface area contributed by atoms with Gasteiger partial charge in [0.25, 0.3) is 5.91 Å². The van der Waals surface area contributed by atoms with Gasteiger partial charge in [-0.25, -0.2) is 4.98 Å². The van der Waals surface area contributed by atoms with E-state index < -0.39 is 0 Å². The third kappa shape index (κ3) is 5.94. The SMILES string of the molecule is CCN(C)Cc1nc(NC(=O)c2ccc(-c3c(Cl)c(OC)cc(OC)c3Cl)c3nccnc23)[nH]c1CN(C)C.